The first-order chi connectivity index (χ1) is 22.4. The summed E-state index contributed by atoms with van der Waals surface area (Å²) in [6.45, 7) is 5.27. The minimum Gasteiger partial charge on any atom is -0.493 e. The third kappa shape index (κ3) is 7.41. The van der Waals surface area contributed by atoms with E-state index in [9.17, 15) is 10.1 Å². The predicted molar refractivity (Wildman–Crippen MR) is 181 cm³/mol. The molecule has 0 saturated carbocycles. The van der Waals surface area contributed by atoms with Crippen LogP contribution >= 0.6 is 0 Å². The van der Waals surface area contributed by atoms with E-state index in [-0.39, 0.29) is 11.4 Å². The van der Waals surface area contributed by atoms with Crippen molar-refractivity contribution in [2.45, 2.75) is 32.9 Å². The van der Waals surface area contributed by atoms with E-state index in [1.165, 1.54) is 25.9 Å². The van der Waals surface area contributed by atoms with Crippen molar-refractivity contribution >= 4 is 16.8 Å². The molecule has 1 atom stereocenters. The molecule has 0 fully saturated rings. The van der Waals surface area contributed by atoms with Gasteiger partial charge in [0.1, 0.15) is 24.2 Å². The lowest BCUT2D eigenvalue weighted by atomic mass is 9.88. The van der Waals surface area contributed by atoms with E-state index in [0.29, 0.717) is 23.7 Å². The Kier molecular flexibility index (Phi) is 10.4. The molecular weight excluding hydrogens is 580 g/mol. The second-order valence-electron chi connectivity index (χ2n) is 10.7. The summed E-state index contributed by atoms with van der Waals surface area (Å²) < 4.78 is 25.2. The number of hydrogen-bond donors (Lipinski definition) is 0. The smallest absolute Gasteiger partial charge is 0.280 e. The molecule has 1 aromatic heterocycles. The summed E-state index contributed by atoms with van der Waals surface area (Å²) in [7, 11) is 2.94. The van der Waals surface area contributed by atoms with Gasteiger partial charge in [-0.3, -0.25) is 10.1 Å². The number of nitro groups is 1. The summed E-state index contributed by atoms with van der Waals surface area (Å²) in [4.78, 5) is 11.5. The fourth-order valence-electron chi connectivity index (χ4n) is 5.55. The second kappa shape index (κ2) is 15.0. The van der Waals surface area contributed by atoms with E-state index < -0.39 is 11.0 Å². The van der Waals surface area contributed by atoms with Crippen LogP contribution in [0.2, 0.25) is 0 Å². The highest BCUT2D eigenvalue weighted by atomic mass is 16.6. The molecule has 0 bridgehead atoms. The van der Waals surface area contributed by atoms with Crippen LogP contribution in [0.15, 0.2) is 116 Å². The Hall–Kier alpha value is -5.50. The van der Waals surface area contributed by atoms with Gasteiger partial charge < -0.3 is 23.5 Å². The van der Waals surface area contributed by atoms with Gasteiger partial charge in [0.25, 0.3) is 5.69 Å². The standard InChI is InChI=1S/C38H38N2O6/c1-5-33(28-12-7-6-8-13-28)38(29-16-18-31(19-17-29)45-23-22-39-20-9-10-21-39)30-14-11-15-32(24-30)46-27(2)34-25-36(43-3)37(44-4)26-35(34)40(41)42/h6-21,24-27H,5,22-23H2,1-4H3/b38-33+. The van der Waals surface area contributed by atoms with Gasteiger partial charge in [-0.25, -0.2) is 0 Å². The molecule has 46 heavy (non-hydrogen) atoms. The molecule has 0 radical (unpaired) electrons. The number of ether oxygens (including phenoxy) is 4. The van der Waals surface area contributed by atoms with Gasteiger partial charge in [0.15, 0.2) is 11.5 Å². The summed E-state index contributed by atoms with van der Waals surface area (Å²) in [5, 5.41) is 12.0. The molecule has 236 valence electrons. The van der Waals surface area contributed by atoms with Crippen molar-refractivity contribution in [3.8, 4) is 23.0 Å². The van der Waals surface area contributed by atoms with Crippen molar-refractivity contribution in [2.24, 2.45) is 0 Å². The molecule has 8 heteroatoms. The van der Waals surface area contributed by atoms with Crippen LogP contribution in [-0.4, -0.2) is 30.3 Å². The molecule has 0 aliphatic heterocycles. The maximum Gasteiger partial charge on any atom is 0.280 e. The van der Waals surface area contributed by atoms with Crippen LogP contribution in [0.1, 0.15) is 48.6 Å². The van der Waals surface area contributed by atoms with Crippen molar-refractivity contribution < 1.29 is 23.9 Å². The zero-order valence-electron chi connectivity index (χ0n) is 26.5. The van der Waals surface area contributed by atoms with Crippen LogP contribution in [0.4, 0.5) is 5.69 Å². The number of methoxy groups -OCH3 is 2. The lowest BCUT2D eigenvalue weighted by Gasteiger charge is -2.20. The third-order valence-electron chi connectivity index (χ3n) is 7.81. The molecule has 0 spiro atoms. The molecule has 0 N–H and O–H groups in total. The molecule has 0 saturated heterocycles. The Balaban J connectivity index is 1.48. The Morgan fingerprint density at radius 2 is 1.46 bits per heavy atom. The minimum atomic E-state index is -0.648. The fraction of sp³-hybridized carbons (Fsp3) is 0.211. The van der Waals surface area contributed by atoms with Crippen LogP contribution in [0, 0.1) is 10.1 Å². The molecule has 5 aromatic rings. The molecule has 0 amide bonds. The highest BCUT2D eigenvalue weighted by Crippen LogP contribution is 2.40. The molecular formula is C38H38N2O6. The quantitative estimate of drug-likeness (QED) is 0.0702. The number of hydrogen-bond acceptors (Lipinski definition) is 6. The summed E-state index contributed by atoms with van der Waals surface area (Å²) in [6.07, 6.45) is 4.19. The zero-order chi connectivity index (χ0) is 32.5. The van der Waals surface area contributed by atoms with Crippen molar-refractivity contribution in [1.29, 1.82) is 0 Å². The van der Waals surface area contributed by atoms with Crippen LogP contribution in [0.25, 0.3) is 11.1 Å². The van der Waals surface area contributed by atoms with E-state index >= 15 is 0 Å². The predicted octanol–water partition coefficient (Wildman–Crippen LogP) is 9.00. The van der Waals surface area contributed by atoms with Crippen molar-refractivity contribution in [3.63, 3.8) is 0 Å². The van der Waals surface area contributed by atoms with Crippen LogP contribution in [0.3, 0.4) is 0 Å². The normalized spacial score (nSPS) is 12.2. The third-order valence-corrected chi connectivity index (χ3v) is 7.81. The van der Waals surface area contributed by atoms with Crippen molar-refractivity contribution in [2.75, 3.05) is 20.8 Å². The molecule has 8 nitrogen and oxygen atoms in total. The number of allylic oxidation sites excluding steroid dienone is 1. The Labute approximate surface area is 269 Å². The Morgan fingerprint density at radius 1 is 0.783 bits per heavy atom. The molecule has 4 aromatic carbocycles. The first-order valence-electron chi connectivity index (χ1n) is 15.2. The van der Waals surface area contributed by atoms with Gasteiger partial charge in [-0.2, -0.15) is 0 Å². The van der Waals surface area contributed by atoms with Crippen LogP contribution in [-0.2, 0) is 6.54 Å². The Bertz CT molecular complexity index is 1780. The Morgan fingerprint density at radius 3 is 2.11 bits per heavy atom. The number of benzene rings is 4. The minimum absolute atomic E-state index is 0.102. The summed E-state index contributed by atoms with van der Waals surface area (Å²) in [5.41, 5.74) is 5.68. The SMILES string of the molecule is CC/C(=C(/c1ccc(OCCn2cccc2)cc1)c1cccc(OC(C)c2cc(OC)c(OC)cc2[N+](=O)[O-])c1)c1ccccc1. The lowest BCUT2D eigenvalue weighted by molar-refractivity contribution is -0.386. The first kappa shape index (κ1) is 31.9. The topological polar surface area (TPSA) is 85.0 Å². The number of rotatable bonds is 14. The van der Waals surface area contributed by atoms with E-state index in [1.807, 2.05) is 73.1 Å². The lowest BCUT2D eigenvalue weighted by Crippen LogP contribution is -2.08. The molecule has 1 unspecified atom stereocenters. The second-order valence-corrected chi connectivity index (χ2v) is 10.7. The summed E-state index contributed by atoms with van der Waals surface area (Å²) in [6, 6.07) is 33.3. The van der Waals surface area contributed by atoms with Gasteiger partial charge in [-0.05, 0) is 83.6 Å². The van der Waals surface area contributed by atoms with E-state index in [4.69, 9.17) is 18.9 Å². The highest BCUT2D eigenvalue weighted by Gasteiger charge is 2.25. The van der Waals surface area contributed by atoms with E-state index in [0.717, 1.165) is 41.0 Å². The number of nitrogens with zero attached hydrogens (tertiary/aromatic N) is 2. The van der Waals surface area contributed by atoms with E-state index in [2.05, 4.69) is 41.8 Å². The maximum absolute atomic E-state index is 12.0. The molecule has 1 heterocycles. The van der Waals surface area contributed by atoms with Crippen LogP contribution in [0.5, 0.6) is 23.0 Å². The van der Waals surface area contributed by atoms with E-state index in [1.54, 1.807) is 13.0 Å². The average Bonchev–Trinajstić information content (AvgIpc) is 3.61. The molecule has 0 aliphatic rings. The highest BCUT2D eigenvalue weighted by molar-refractivity contribution is 5.98. The fourth-order valence-corrected chi connectivity index (χ4v) is 5.55. The largest absolute Gasteiger partial charge is 0.493 e. The van der Waals surface area contributed by atoms with Gasteiger partial charge >= 0.3 is 0 Å². The van der Waals surface area contributed by atoms with Crippen molar-refractivity contribution in [1.82, 2.24) is 4.57 Å². The van der Waals surface area contributed by atoms with Gasteiger partial charge in [-0.1, -0.05) is 61.5 Å². The number of aromatic nitrogens is 1. The van der Waals surface area contributed by atoms with Gasteiger partial charge in [-0.15, -0.1) is 0 Å². The molecule has 0 aliphatic carbocycles. The van der Waals surface area contributed by atoms with Gasteiger partial charge in [0, 0.05) is 12.4 Å². The maximum atomic E-state index is 12.0. The van der Waals surface area contributed by atoms with Crippen LogP contribution < -0.4 is 18.9 Å². The number of nitro benzene ring substituents is 1. The summed E-state index contributed by atoms with van der Waals surface area (Å²) >= 11 is 0. The van der Waals surface area contributed by atoms with Gasteiger partial charge in [0.05, 0.1) is 37.3 Å². The summed E-state index contributed by atoms with van der Waals surface area (Å²) in [5.74, 6) is 2.06. The average molecular weight is 619 g/mol. The zero-order valence-corrected chi connectivity index (χ0v) is 26.5. The first-order valence-corrected chi connectivity index (χ1v) is 15.2. The monoisotopic (exact) mass is 618 g/mol. The molecule has 5 rings (SSSR count). The van der Waals surface area contributed by atoms with Crippen molar-refractivity contribution in [3.05, 3.63) is 148 Å². The van der Waals surface area contributed by atoms with Gasteiger partial charge in [0.2, 0.25) is 0 Å².